The fourth-order valence-corrected chi connectivity index (χ4v) is 5.01. The summed E-state index contributed by atoms with van der Waals surface area (Å²) in [5.74, 6) is -1.66. The van der Waals surface area contributed by atoms with Crippen LogP contribution < -0.4 is 25.0 Å². The van der Waals surface area contributed by atoms with Crippen LogP contribution in [0.1, 0.15) is 12.8 Å². The van der Waals surface area contributed by atoms with Crippen molar-refractivity contribution in [2.45, 2.75) is 25.5 Å². The molecule has 212 valence electrons. The Labute approximate surface area is 233 Å². The van der Waals surface area contributed by atoms with E-state index in [2.05, 4.69) is 15.4 Å². The molecule has 14 heteroatoms. The van der Waals surface area contributed by atoms with Gasteiger partial charge in [0, 0.05) is 17.1 Å². The highest BCUT2D eigenvalue weighted by Gasteiger charge is 2.33. The van der Waals surface area contributed by atoms with Crippen LogP contribution in [-0.2, 0) is 14.8 Å². The molecule has 0 radical (unpaired) electrons. The molecule has 3 amide bonds. The van der Waals surface area contributed by atoms with Crippen molar-refractivity contribution in [3.05, 3.63) is 71.5 Å². The van der Waals surface area contributed by atoms with Crippen molar-refractivity contribution in [3.63, 3.8) is 0 Å². The predicted octanol–water partition coefficient (Wildman–Crippen LogP) is 5.44. The van der Waals surface area contributed by atoms with Crippen LogP contribution in [0.5, 0.6) is 5.75 Å². The van der Waals surface area contributed by atoms with Crippen molar-refractivity contribution in [1.29, 1.82) is 0 Å². The number of urea groups is 1. The number of halogens is 4. The number of amides is 3. The molecule has 0 unspecified atom stereocenters. The second-order valence-electron chi connectivity index (χ2n) is 8.89. The van der Waals surface area contributed by atoms with Crippen LogP contribution in [-0.4, -0.2) is 45.8 Å². The summed E-state index contributed by atoms with van der Waals surface area (Å²) in [6.45, 7) is -3.05. The van der Waals surface area contributed by atoms with E-state index in [-0.39, 0.29) is 40.8 Å². The lowest BCUT2D eigenvalue weighted by atomic mass is 10.0. The fraction of sp³-hybridized carbons (Fsp3) is 0.231. The standard InChI is InChI=1S/C26H24ClF3N4O5S/c1-40(37,38)33-19-6-3-2-5-17(19)15-8-11-22(23(13-15)39-25(29)30)34-12-4-7-21(24(34)35)32-26(36)31-20-10-9-16(27)14-18(20)28/h2-3,5-6,8-11,13-14,21,25,33H,4,7,12H2,1H3,(H2,31,32,36)/t21-/m1/s1. The maximum absolute atomic E-state index is 14.0. The molecule has 0 aromatic heterocycles. The SMILES string of the molecule is CS(=O)(=O)Nc1ccccc1-c1ccc(N2CCC[C@@H](NC(=O)Nc3ccc(Cl)cc3F)C2=O)c(OC(F)F)c1. The lowest BCUT2D eigenvalue weighted by molar-refractivity contribution is -0.121. The molecule has 9 nitrogen and oxygen atoms in total. The van der Waals surface area contributed by atoms with Gasteiger partial charge in [-0.3, -0.25) is 9.52 Å². The number of hydrogen-bond acceptors (Lipinski definition) is 5. The summed E-state index contributed by atoms with van der Waals surface area (Å²) >= 11 is 5.72. The average Bonchev–Trinajstić information content (AvgIpc) is 2.86. The molecule has 0 spiro atoms. The van der Waals surface area contributed by atoms with Crippen molar-refractivity contribution < 1.29 is 35.9 Å². The van der Waals surface area contributed by atoms with Gasteiger partial charge >= 0.3 is 12.6 Å². The van der Waals surface area contributed by atoms with Crippen LogP contribution in [0.15, 0.2) is 60.7 Å². The second kappa shape index (κ2) is 12.0. The third-order valence-electron chi connectivity index (χ3n) is 5.92. The van der Waals surface area contributed by atoms with Gasteiger partial charge in [-0.25, -0.2) is 17.6 Å². The van der Waals surface area contributed by atoms with E-state index >= 15 is 0 Å². The number of nitrogens with zero attached hydrogens (tertiary/aromatic N) is 1. The van der Waals surface area contributed by atoms with Crippen LogP contribution >= 0.6 is 11.6 Å². The first-order valence-corrected chi connectivity index (χ1v) is 14.2. The highest BCUT2D eigenvalue weighted by Crippen LogP contribution is 2.38. The molecule has 3 N–H and O–H groups in total. The van der Waals surface area contributed by atoms with E-state index in [9.17, 15) is 31.2 Å². The number of nitrogens with one attached hydrogen (secondary N) is 3. The summed E-state index contributed by atoms with van der Waals surface area (Å²) in [4.78, 5) is 27.0. The number of anilines is 3. The molecule has 0 saturated carbocycles. The quantitative estimate of drug-likeness (QED) is 0.320. The summed E-state index contributed by atoms with van der Waals surface area (Å²) in [5.41, 5.74) is 0.875. The maximum Gasteiger partial charge on any atom is 0.387 e. The van der Waals surface area contributed by atoms with E-state index < -0.39 is 40.4 Å². The summed E-state index contributed by atoms with van der Waals surface area (Å²) < 4.78 is 71.6. The molecule has 0 aliphatic carbocycles. The monoisotopic (exact) mass is 596 g/mol. The highest BCUT2D eigenvalue weighted by molar-refractivity contribution is 7.92. The van der Waals surface area contributed by atoms with Crippen LogP contribution in [0, 0.1) is 5.82 Å². The Balaban J connectivity index is 1.59. The molecule has 4 rings (SSSR count). The minimum atomic E-state index is -3.63. The molecule has 0 bridgehead atoms. The number of rotatable bonds is 8. The summed E-state index contributed by atoms with van der Waals surface area (Å²) in [7, 11) is -3.63. The lowest BCUT2D eigenvalue weighted by Crippen LogP contribution is -2.53. The fourth-order valence-electron chi connectivity index (χ4n) is 4.27. The van der Waals surface area contributed by atoms with E-state index in [1.807, 2.05) is 0 Å². The van der Waals surface area contributed by atoms with E-state index in [0.717, 1.165) is 12.3 Å². The Kier molecular flexibility index (Phi) is 8.74. The van der Waals surface area contributed by atoms with Gasteiger partial charge in [-0.15, -0.1) is 0 Å². The maximum atomic E-state index is 14.0. The van der Waals surface area contributed by atoms with E-state index in [1.165, 1.54) is 41.3 Å². The van der Waals surface area contributed by atoms with E-state index in [1.54, 1.807) is 18.2 Å². The number of benzene rings is 3. The Bertz CT molecular complexity index is 1540. The number of carbonyl (C=O) groups excluding carboxylic acids is 2. The van der Waals surface area contributed by atoms with Gasteiger partial charge in [0.05, 0.1) is 23.3 Å². The second-order valence-corrected chi connectivity index (χ2v) is 11.1. The zero-order valence-electron chi connectivity index (χ0n) is 21.0. The van der Waals surface area contributed by atoms with Crippen LogP contribution in [0.2, 0.25) is 5.02 Å². The predicted molar refractivity (Wildman–Crippen MR) is 146 cm³/mol. The first-order chi connectivity index (χ1) is 18.9. The Morgan fingerprint density at radius 3 is 2.55 bits per heavy atom. The topological polar surface area (TPSA) is 117 Å². The van der Waals surface area contributed by atoms with Crippen LogP contribution in [0.3, 0.4) is 0 Å². The highest BCUT2D eigenvalue weighted by atomic mass is 35.5. The minimum absolute atomic E-state index is 0.0401. The zero-order valence-corrected chi connectivity index (χ0v) is 22.5. The van der Waals surface area contributed by atoms with Gasteiger partial charge in [-0.1, -0.05) is 35.9 Å². The van der Waals surface area contributed by atoms with E-state index in [4.69, 9.17) is 16.3 Å². The van der Waals surface area contributed by atoms with Crippen molar-refractivity contribution in [2.24, 2.45) is 0 Å². The van der Waals surface area contributed by atoms with Crippen LogP contribution in [0.4, 0.5) is 35.0 Å². The number of para-hydroxylation sites is 1. The Morgan fingerprint density at radius 2 is 1.85 bits per heavy atom. The number of ether oxygens (including phenoxy) is 1. The minimum Gasteiger partial charge on any atom is -0.433 e. The Hall–Kier alpha value is -3.97. The van der Waals surface area contributed by atoms with Gasteiger partial charge in [0.2, 0.25) is 15.9 Å². The van der Waals surface area contributed by atoms with Crippen molar-refractivity contribution in [3.8, 4) is 16.9 Å². The summed E-state index contributed by atoms with van der Waals surface area (Å²) in [6.07, 6.45) is 1.67. The molecule has 1 aliphatic heterocycles. The summed E-state index contributed by atoms with van der Waals surface area (Å²) in [5, 5.41) is 4.95. The molecular weight excluding hydrogens is 573 g/mol. The first-order valence-electron chi connectivity index (χ1n) is 11.9. The third kappa shape index (κ3) is 7.16. The smallest absolute Gasteiger partial charge is 0.387 e. The summed E-state index contributed by atoms with van der Waals surface area (Å²) in [6, 6.07) is 12.4. The van der Waals surface area contributed by atoms with E-state index in [0.29, 0.717) is 17.5 Å². The first kappa shape index (κ1) is 29.0. The number of hydrogen-bond donors (Lipinski definition) is 3. The van der Waals surface area contributed by atoms with Crippen LogP contribution in [0.25, 0.3) is 11.1 Å². The molecule has 1 fully saturated rings. The molecule has 3 aromatic rings. The molecule has 1 aliphatic rings. The van der Waals surface area contributed by atoms with Gasteiger partial charge in [0.15, 0.2) is 0 Å². The number of piperidine rings is 1. The average molecular weight is 597 g/mol. The third-order valence-corrected chi connectivity index (χ3v) is 6.75. The normalized spacial score (nSPS) is 15.6. The number of alkyl halides is 2. The van der Waals surface area contributed by atoms with Crippen molar-refractivity contribution in [2.75, 3.05) is 27.7 Å². The largest absolute Gasteiger partial charge is 0.433 e. The van der Waals surface area contributed by atoms with Gasteiger partial charge in [-0.05, 0) is 54.8 Å². The van der Waals surface area contributed by atoms with Gasteiger partial charge in [0.1, 0.15) is 17.6 Å². The van der Waals surface area contributed by atoms with Gasteiger partial charge in [-0.2, -0.15) is 8.78 Å². The number of sulfonamides is 1. The zero-order chi connectivity index (χ0) is 29.0. The molecule has 1 heterocycles. The van der Waals surface area contributed by atoms with Crippen molar-refractivity contribution >= 4 is 50.6 Å². The van der Waals surface area contributed by atoms with Crippen molar-refractivity contribution in [1.82, 2.24) is 5.32 Å². The number of carbonyl (C=O) groups is 2. The Morgan fingerprint density at radius 1 is 1.10 bits per heavy atom. The molecule has 3 aromatic carbocycles. The molecule has 40 heavy (non-hydrogen) atoms. The lowest BCUT2D eigenvalue weighted by Gasteiger charge is -2.33. The van der Waals surface area contributed by atoms with Gasteiger partial charge < -0.3 is 20.3 Å². The molecular formula is C26H24ClF3N4O5S. The molecule has 1 saturated heterocycles. The molecule has 1 atom stereocenters. The van der Waals surface area contributed by atoms with Gasteiger partial charge in [0.25, 0.3) is 0 Å².